The molecule has 1 unspecified atom stereocenters. The Labute approximate surface area is 125 Å². The van der Waals surface area contributed by atoms with Crippen LogP contribution in [0, 0.1) is 5.82 Å². The molecule has 5 heteroatoms. The van der Waals surface area contributed by atoms with Crippen LogP contribution in [0.15, 0.2) is 54.6 Å². The molecule has 1 atom stereocenters. The summed E-state index contributed by atoms with van der Waals surface area (Å²) < 4.78 is 30.2. The first kappa shape index (κ1) is 15.7. The number of hydrogen-bond donors (Lipinski definition) is 0. The van der Waals surface area contributed by atoms with Gasteiger partial charge in [0.1, 0.15) is 17.3 Å². The molecule has 0 bridgehead atoms. The predicted molar refractivity (Wildman–Crippen MR) is 81.9 cm³/mol. The van der Waals surface area contributed by atoms with Crippen molar-refractivity contribution in [1.29, 1.82) is 0 Å². The first-order chi connectivity index (χ1) is 9.92. The molecule has 0 spiro atoms. The van der Waals surface area contributed by atoms with Crippen molar-refractivity contribution in [2.45, 2.75) is 26.4 Å². The van der Waals surface area contributed by atoms with Gasteiger partial charge in [-0.15, -0.1) is 0 Å². The van der Waals surface area contributed by atoms with Gasteiger partial charge in [0, 0.05) is 0 Å². The van der Waals surface area contributed by atoms with E-state index in [2.05, 4.69) is 0 Å². The molecule has 0 aliphatic heterocycles. The van der Waals surface area contributed by atoms with Crippen molar-refractivity contribution in [3.8, 4) is 11.5 Å². The second-order valence-electron chi connectivity index (χ2n) is 5.38. The number of hydrogen-bond acceptors (Lipinski definition) is 3. The van der Waals surface area contributed by atoms with Crippen LogP contribution >= 0.6 is 8.60 Å². The van der Waals surface area contributed by atoms with Crippen LogP contribution in [0.1, 0.15) is 20.8 Å². The van der Waals surface area contributed by atoms with Crippen molar-refractivity contribution < 1.29 is 18.0 Å². The van der Waals surface area contributed by atoms with Crippen molar-refractivity contribution in [2.75, 3.05) is 0 Å². The Morgan fingerprint density at radius 3 is 1.86 bits per heavy atom. The van der Waals surface area contributed by atoms with E-state index >= 15 is 0 Å². The van der Waals surface area contributed by atoms with E-state index in [1.807, 2.05) is 51.1 Å². The molecule has 0 saturated heterocycles. The minimum Gasteiger partial charge on any atom is -0.418 e. The van der Waals surface area contributed by atoms with E-state index in [-0.39, 0.29) is 5.82 Å². The molecule has 0 saturated carbocycles. The van der Waals surface area contributed by atoms with Crippen LogP contribution in [0.3, 0.4) is 0 Å². The van der Waals surface area contributed by atoms with E-state index in [1.165, 1.54) is 12.1 Å². The van der Waals surface area contributed by atoms with Gasteiger partial charge in [-0.05, 0) is 57.2 Å². The molecule has 2 aromatic carbocycles. The molecular formula is C16H18FO3P. The van der Waals surface area contributed by atoms with Gasteiger partial charge in [0.15, 0.2) is 0 Å². The summed E-state index contributed by atoms with van der Waals surface area (Å²) in [5.74, 6) is 0.852. The van der Waals surface area contributed by atoms with Gasteiger partial charge in [-0.2, -0.15) is 0 Å². The SMILES string of the molecule is CC(C)(C)OP(Oc1ccccc1)Oc1ccc(F)cc1. The van der Waals surface area contributed by atoms with Crippen LogP contribution in [-0.4, -0.2) is 5.60 Å². The van der Waals surface area contributed by atoms with Crippen LogP contribution in [0.4, 0.5) is 4.39 Å². The zero-order chi connectivity index (χ0) is 15.3. The van der Waals surface area contributed by atoms with Crippen LogP contribution < -0.4 is 9.05 Å². The summed E-state index contributed by atoms with van der Waals surface area (Å²) in [6.45, 7) is 5.76. The van der Waals surface area contributed by atoms with Crippen molar-refractivity contribution in [3.05, 3.63) is 60.4 Å². The van der Waals surface area contributed by atoms with Gasteiger partial charge in [0.05, 0.1) is 5.60 Å². The molecule has 0 aliphatic rings. The van der Waals surface area contributed by atoms with Gasteiger partial charge in [0.25, 0.3) is 0 Å². The third-order valence-corrected chi connectivity index (χ3v) is 3.68. The highest BCUT2D eigenvalue weighted by molar-refractivity contribution is 7.42. The summed E-state index contributed by atoms with van der Waals surface area (Å²) in [5, 5.41) is 0. The van der Waals surface area contributed by atoms with Crippen molar-refractivity contribution in [2.24, 2.45) is 0 Å². The van der Waals surface area contributed by atoms with Crippen LogP contribution in [0.25, 0.3) is 0 Å². The molecule has 0 amide bonds. The largest absolute Gasteiger partial charge is 0.463 e. The minimum atomic E-state index is -1.63. The maximum absolute atomic E-state index is 12.9. The molecule has 3 nitrogen and oxygen atoms in total. The van der Waals surface area contributed by atoms with Crippen molar-refractivity contribution in [1.82, 2.24) is 0 Å². The molecule has 0 aliphatic carbocycles. The minimum absolute atomic E-state index is 0.313. The maximum atomic E-state index is 12.9. The second-order valence-corrected chi connectivity index (χ2v) is 6.37. The number of para-hydroxylation sites is 1. The Bertz CT molecular complexity index is 552. The Hall–Kier alpha value is -1.64. The standard InChI is InChI=1S/C16H18FO3P/c1-16(2,3)20-21(18-14-7-5-4-6-8-14)19-15-11-9-13(17)10-12-15/h4-12H,1-3H3. The summed E-state index contributed by atoms with van der Waals surface area (Å²) in [7, 11) is -1.63. The number of benzene rings is 2. The van der Waals surface area contributed by atoms with Crippen LogP contribution in [0.5, 0.6) is 11.5 Å². The molecule has 2 aromatic rings. The Morgan fingerprint density at radius 1 is 0.810 bits per heavy atom. The van der Waals surface area contributed by atoms with Gasteiger partial charge in [0.2, 0.25) is 0 Å². The third-order valence-electron chi connectivity index (χ3n) is 2.27. The van der Waals surface area contributed by atoms with Crippen LogP contribution in [0.2, 0.25) is 0 Å². The first-order valence-electron chi connectivity index (χ1n) is 6.58. The van der Waals surface area contributed by atoms with Gasteiger partial charge in [-0.25, -0.2) is 4.39 Å². The number of rotatable bonds is 5. The third kappa shape index (κ3) is 5.70. The quantitative estimate of drug-likeness (QED) is 0.699. The smallest absolute Gasteiger partial charge is 0.418 e. The van der Waals surface area contributed by atoms with E-state index in [0.29, 0.717) is 11.5 Å². The highest BCUT2D eigenvalue weighted by Crippen LogP contribution is 2.44. The summed E-state index contributed by atoms with van der Waals surface area (Å²) in [4.78, 5) is 0. The van der Waals surface area contributed by atoms with Gasteiger partial charge in [-0.3, -0.25) is 4.52 Å². The first-order valence-corrected chi connectivity index (χ1v) is 7.68. The van der Waals surface area contributed by atoms with Crippen LogP contribution in [-0.2, 0) is 4.52 Å². The van der Waals surface area contributed by atoms with E-state index in [0.717, 1.165) is 0 Å². The highest BCUT2D eigenvalue weighted by atomic mass is 31.2. The summed E-state index contributed by atoms with van der Waals surface area (Å²) in [5.41, 5.74) is -0.416. The fourth-order valence-electron chi connectivity index (χ4n) is 1.43. The molecule has 0 fully saturated rings. The lowest BCUT2D eigenvalue weighted by Crippen LogP contribution is -2.18. The number of halogens is 1. The molecule has 112 valence electrons. The van der Waals surface area contributed by atoms with E-state index in [9.17, 15) is 4.39 Å². The Kier molecular flexibility index (Phi) is 5.16. The lowest BCUT2D eigenvalue weighted by molar-refractivity contribution is 0.115. The molecule has 21 heavy (non-hydrogen) atoms. The zero-order valence-corrected chi connectivity index (χ0v) is 13.1. The highest BCUT2D eigenvalue weighted by Gasteiger charge is 2.25. The average Bonchev–Trinajstić information content (AvgIpc) is 2.41. The lowest BCUT2D eigenvalue weighted by atomic mass is 10.2. The monoisotopic (exact) mass is 308 g/mol. The lowest BCUT2D eigenvalue weighted by Gasteiger charge is -2.25. The van der Waals surface area contributed by atoms with E-state index in [1.54, 1.807) is 12.1 Å². The fourth-order valence-corrected chi connectivity index (χ4v) is 2.58. The molecular weight excluding hydrogens is 290 g/mol. The molecule has 0 aromatic heterocycles. The Balaban J connectivity index is 2.10. The Morgan fingerprint density at radius 2 is 1.33 bits per heavy atom. The molecule has 0 heterocycles. The average molecular weight is 308 g/mol. The van der Waals surface area contributed by atoms with Gasteiger partial charge < -0.3 is 9.05 Å². The normalized spacial score (nSPS) is 12.8. The van der Waals surface area contributed by atoms with Crippen molar-refractivity contribution >= 4 is 8.60 Å². The summed E-state index contributed by atoms with van der Waals surface area (Å²) in [6, 6.07) is 15.1. The fraction of sp³-hybridized carbons (Fsp3) is 0.250. The van der Waals surface area contributed by atoms with E-state index < -0.39 is 14.2 Å². The van der Waals surface area contributed by atoms with Crippen molar-refractivity contribution in [3.63, 3.8) is 0 Å². The summed E-state index contributed by atoms with van der Waals surface area (Å²) >= 11 is 0. The maximum Gasteiger partial charge on any atom is 0.463 e. The second kappa shape index (κ2) is 6.88. The van der Waals surface area contributed by atoms with Gasteiger partial charge >= 0.3 is 8.60 Å². The molecule has 0 N–H and O–H groups in total. The van der Waals surface area contributed by atoms with Gasteiger partial charge in [-0.1, -0.05) is 18.2 Å². The summed E-state index contributed by atoms with van der Waals surface area (Å²) in [6.07, 6.45) is 0. The topological polar surface area (TPSA) is 27.7 Å². The molecule has 0 radical (unpaired) electrons. The zero-order valence-electron chi connectivity index (χ0n) is 12.2. The van der Waals surface area contributed by atoms with E-state index in [4.69, 9.17) is 13.6 Å². The molecule has 2 rings (SSSR count). The predicted octanol–water partition coefficient (Wildman–Crippen LogP) is 5.33.